The average Bonchev–Trinajstić information content (AvgIpc) is 2.95. The van der Waals surface area contributed by atoms with Gasteiger partial charge in [-0.05, 0) is 38.5 Å². The molecule has 0 N–H and O–H groups in total. The molecule has 2 aliphatic rings. The predicted octanol–water partition coefficient (Wildman–Crippen LogP) is 4.86. The molecule has 0 aromatic heterocycles. The van der Waals surface area contributed by atoms with Crippen LogP contribution < -0.4 is 0 Å². The number of hydrogen-bond donors (Lipinski definition) is 0. The summed E-state index contributed by atoms with van der Waals surface area (Å²) in [6.07, 6.45) is 7.54. The maximum absolute atomic E-state index is 6.35. The monoisotopic (exact) mass is 351 g/mol. The van der Waals surface area contributed by atoms with Gasteiger partial charge in [0, 0.05) is 25.9 Å². The molecule has 1 aliphatic heterocycles. The molecule has 0 amide bonds. The Morgan fingerprint density at radius 2 is 2.20 bits per heavy atom. The van der Waals surface area contributed by atoms with Crippen molar-refractivity contribution in [2.45, 2.75) is 78.6 Å². The Kier molecular flexibility index (Phi) is 7.27. The molecule has 1 fully saturated rings. The zero-order valence-electron chi connectivity index (χ0n) is 16.9. The van der Waals surface area contributed by atoms with Crippen LogP contribution in [-0.2, 0) is 14.3 Å². The summed E-state index contributed by atoms with van der Waals surface area (Å²) in [6, 6.07) is 0. The van der Waals surface area contributed by atoms with E-state index in [1.807, 2.05) is 18.9 Å². The van der Waals surface area contributed by atoms with Crippen LogP contribution >= 0.6 is 0 Å². The minimum Gasteiger partial charge on any atom is -0.347 e. The highest BCUT2D eigenvalue weighted by molar-refractivity contribution is 5.17. The number of nitrogens with zero attached hydrogens (tertiary/aromatic N) is 1. The van der Waals surface area contributed by atoms with Gasteiger partial charge in [-0.2, -0.15) is 5.06 Å². The molecule has 0 aromatic carbocycles. The zero-order chi connectivity index (χ0) is 18.5. The maximum Gasteiger partial charge on any atom is 0.172 e. The van der Waals surface area contributed by atoms with Crippen molar-refractivity contribution in [3.05, 3.63) is 23.8 Å². The highest BCUT2D eigenvalue weighted by Crippen LogP contribution is 2.43. The third-order valence-electron chi connectivity index (χ3n) is 5.56. The van der Waals surface area contributed by atoms with E-state index in [0.29, 0.717) is 18.6 Å². The van der Waals surface area contributed by atoms with Crippen LogP contribution in [0.3, 0.4) is 0 Å². The second-order valence-corrected chi connectivity index (χ2v) is 8.16. The van der Waals surface area contributed by atoms with Gasteiger partial charge in [0.25, 0.3) is 0 Å². The minimum atomic E-state index is -0.386. The van der Waals surface area contributed by atoms with E-state index in [-0.39, 0.29) is 11.9 Å². The van der Waals surface area contributed by atoms with E-state index in [1.165, 1.54) is 6.42 Å². The molecular formula is C21H37NO3. The number of hydroxylamine groups is 2. The molecule has 144 valence electrons. The lowest BCUT2D eigenvalue weighted by molar-refractivity contribution is -0.180. The Hall–Kier alpha value is -0.680. The fourth-order valence-corrected chi connectivity index (χ4v) is 3.61. The molecule has 2 unspecified atom stereocenters. The van der Waals surface area contributed by atoms with Crippen molar-refractivity contribution in [1.82, 2.24) is 5.06 Å². The molecule has 2 rings (SSSR count). The van der Waals surface area contributed by atoms with E-state index >= 15 is 0 Å². The van der Waals surface area contributed by atoms with Crippen molar-refractivity contribution < 1.29 is 14.3 Å². The van der Waals surface area contributed by atoms with Crippen LogP contribution in [0.5, 0.6) is 0 Å². The first kappa shape index (κ1) is 20.6. The highest BCUT2D eigenvalue weighted by atomic mass is 16.7. The van der Waals surface area contributed by atoms with Gasteiger partial charge in [-0.3, -0.25) is 4.84 Å². The summed E-state index contributed by atoms with van der Waals surface area (Å²) in [5, 5.41) is 1.99. The molecule has 1 spiro atoms. The normalized spacial score (nSPS) is 27.1. The van der Waals surface area contributed by atoms with Crippen molar-refractivity contribution in [2.24, 2.45) is 5.41 Å². The van der Waals surface area contributed by atoms with E-state index in [2.05, 4.69) is 33.4 Å². The van der Waals surface area contributed by atoms with Gasteiger partial charge in [0.2, 0.25) is 0 Å². The van der Waals surface area contributed by atoms with Crippen molar-refractivity contribution in [3.8, 4) is 0 Å². The first-order valence-electron chi connectivity index (χ1n) is 9.84. The fourth-order valence-electron chi connectivity index (χ4n) is 3.61. The van der Waals surface area contributed by atoms with Gasteiger partial charge in [-0.15, -0.1) is 0 Å². The third kappa shape index (κ3) is 5.65. The largest absolute Gasteiger partial charge is 0.347 e. The SMILES string of the molecule is C=C(C)CN(CCC1COC2(CC=C(C(C)(C)CC)CC2)O1)OCC. The lowest BCUT2D eigenvalue weighted by atomic mass is 9.75. The van der Waals surface area contributed by atoms with Crippen LogP contribution in [0.15, 0.2) is 23.8 Å². The van der Waals surface area contributed by atoms with E-state index < -0.39 is 0 Å². The zero-order valence-corrected chi connectivity index (χ0v) is 16.9. The fraction of sp³-hybridized carbons (Fsp3) is 0.810. The molecule has 4 heteroatoms. The topological polar surface area (TPSA) is 30.9 Å². The van der Waals surface area contributed by atoms with Crippen LogP contribution in [0.25, 0.3) is 0 Å². The van der Waals surface area contributed by atoms with Gasteiger partial charge >= 0.3 is 0 Å². The van der Waals surface area contributed by atoms with E-state index in [1.54, 1.807) is 5.57 Å². The molecule has 0 bridgehead atoms. The molecule has 1 heterocycles. The van der Waals surface area contributed by atoms with E-state index in [0.717, 1.165) is 44.3 Å². The standard InChI is InChI=1S/C21H37NO3/c1-7-20(5,6)18-9-12-21(13-10-18)23-16-19(25-21)11-14-22(24-8-2)15-17(3)4/h9,19H,3,7-8,10-16H2,1-2,4-6H3. The van der Waals surface area contributed by atoms with Gasteiger partial charge in [0.05, 0.1) is 19.3 Å². The highest BCUT2D eigenvalue weighted by Gasteiger charge is 2.43. The first-order chi connectivity index (χ1) is 11.8. The number of hydrogen-bond acceptors (Lipinski definition) is 4. The molecule has 0 radical (unpaired) electrons. The van der Waals surface area contributed by atoms with Crippen LogP contribution in [0.2, 0.25) is 0 Å². The number of allylic oxidation sites excluding steroid dienone is 1. The second kappa shape index (κ2) is 8.81. The van der Waals surface area contributed by atoms with Crippen LogP contribution in [0.1, 0.15) is 66.7 Å². The summed E-state index contributed by atoms with van der Waals surface area (Å²) in [5.74, 6) is -0.386. The molecular weight excluding hydrogens is 314 g/mol. The Bertz CT molecular complexity index is 486. The molecule has 1 aliphatic carbocycles. The van der Waals surface area contributed by atoms with Gasteiger partial charge in [-0.25, -0.2) is 0 Å². The van der Waals surface area contributed by atoms with Crippen molar-refractivity contribution in [2.75, 3.05) is 26.3 Å². The van der Waals surface area contributed by atoms with Crippen molar-refractivity contribution in [3.63, 3.8) is 0 Å². The van der Waals surface area contributed by atoms with Gasteiger partial charge in [0.15, 0.2) is 5.79 Å². The Morgan fingerprint density at radius 1 is 1.44 bits per heavy atom. The van der Waals surface area contributed by atoms with E-state index in [9.17, 15) is 0 Å². The van der Waals surface area contributed by atoms with E-state index in [4.69, 9.17) is 14.3 Å². The lowest BCUT2D eigenvalue weighted by Crippen LogP contribution is -2.35. The quantitative estimate of drug-likeness (QED) is 0.438. The summed E-state index contributed by atoms with van der Waals surface area (Å²) in [5.41, 5.74) is 2.96. The number of rotatable bonds is 9. The smallest absolute Gasteiger partial charge is 0.172 e. The van der Waals surface area contributed by atoms with Crippen molar-refractivity contribution in [1.29, 1.82) is 0 Å². The lowest BCUT2D eigenvalue weighted by Gasteiger charge is -2.36. The molecule has 0 saturated carbocycles. The van der Waals surface area contributed by atoms with Crippen molar-refractivity contribution >= 4 is 0 Å². The summed E-state index contributed by atoms with van der Waals surface area (Å²) in [7, 11) is 0. The second-order valence-electron chi connectivity index (χ2n) is 8.16. The Labute approximate surface area is 154 Å². The average molecular weight is 352 g/mol. The summed E-state index contributed by atoms with van der Waals surface area (Å²) in [4.78, 5) is 5.68. The molecule has 0 aromatic rings. The maximum atomic E-state index is 6.35. The van der Waals surface area contributed by atoms with Crippen LogP contribution in [-0.4, -0.2) is 43.3 Å². The Morgan fingerprint density at radius 3 is 2.76 bits per heavy atom. The van der Waals surface area contributed by atoms with Crippen LogP contribution in [0, 0.1) is 5.41 Å². The van der Waals surface area contributed by atoms with Gasteiger partial charge in [-0.1, -0.05) is 44.6 Å². The molecule has 4 nitrogen and oxygen atoms in total. The number of ether oxygens (including phenoxy) is 2. The summed E-state index contributed by atoms with van der Waals surface area (Å²) < 4.78 is 12.5. The predicted molar refractivity (Wildman–Crippen MR) is 102 cm³/mol. The van der Waals surface area contributed by atoms with Crippen LogP contribution in [0.4, 0.5) is 0 Å². The molecule has 2 atom stereocenters. The summed E-state index contributed by atoms with van der Waals surface area (Å²) in [6.45, 7) is 17.9. The molecule has 25 heavy (non-hydrogen) atoms. The minimum absolute atomic E-state index is 0.155. The third-order valence-corrected chi connectivity index (χ3v) is 5.56. The first-order valence-corrected chi connectivity index (χ1v) is 9.84. The Balaban J connectivity index is 1.84. The summed E-state index contributed by atoms with van der Waals surface area (Å²) >= 11 is 0. The van der Waals surface area contributed by atoms with Gasteiger partial charge < -0.3 is 9.47 Å². The van der Waals surface area contributed by atoms with Gasteiger partial charge in [0.1, 0.15) is 0 Å². The molecule has 1 saturated heterocycles.